The van der Waals surface area contributed by atoms with Gasteiger partial charge in [-0.1, -0.05) is 0 Å². The fraction of sp³-hybridized carbons (Fsp3) is 1.00. The molecule has 1 aliphatic rings. The van der Waals surface area contributed by atoms with Crippen LogP contribution in [0.4, 0.5) is 3.89 Å². The van der Waals surface area contributed by atoms with Gasteiger partial charge in [-0.2, -0.15) is 8.42 Å². The van der Waals surface area contributed by atoms with Crippen LogP contribution in [0.15, 0.2) is 0 Å². The smallest absolute Gasteiger partial charge is 0.304 e. The molecule has 1 aliphatic heterocycles. The zero-order chi connectivity index (χ0) is 8.48. The first-order valence-corrected chi connectivity index (χ1v) is 5.10. The Morgan fingerprint density at radius 2 is 2.18 bits per heavy atom. The summed E-state index contributed by atoms with van der Waals surface area (Å²) in [6.45, 7) is 1.85. The Morgan fingerprint density at radius 1 is 1.55 bits per heavy atom. The Kier molecular flexibility index (Phi) is 2.49. The first kappa shape index (κ1) is 8.93. The third kappa shape index (κ3) is 3.16. The number of hydrogen-bond donors (Lipinski definition) is 0. The minimum atomic E-state index is -4.36. The molecule has 0 aliphatic carbocycles. The van der Waals surface area contributed by atoms with E-state index < -0.39 is 22.1 Å². The Labute approximate surface area is 65.8 Å². The highest BCUT2D eigenvalue weighted by atomic mass is 32.3. The Hall–Kier alpha value is -0.160. The molecule has 0 amide bonds. The van der Waals surface area contributed by atoms with Gasteiger partial charge >= 0.3 is 10.2 Å². The van der Waals surface area contributed by atoms with Gasteiger partial charge in [0.2, 0.25) is 0 Å². The molecule has 1 saturated heterocycles. The largest absolute Gasteiger partial charge is 0.374 e. The average Bonchev–Trinajstić information content (AvgIpc) is 2.10. The lowest BCUT2D eigenvalue weighted by atomic mass is 10.2. The second-order valence-corrected chi connectivity index (χ2v) is 4.26. The second-order valence-electron chi connectivity index (χ2n) is 2.85. The molecule has 11 heavy (non-hydrogen) atoms. The van der Waals surface area contributed by atoms with Gasteiger partial charge in [-0.25, -0.2) is 0 Å². The summed E-state index contributed by atoms with van der Waals surface area (Å²) in [4.78, 5) is 0. The molecule has 0 N–H and O–H groups in total. The topological polar surface area (TPSA) is 43.4 Å². The van der Waals surface area contributed by atoms with Crippen LogP contribution in [0.2, 0.25) is 0 Å². The molecule has 2 atom stereocenters. The van der Waals surface area contributed by atoms with E-state index in [1.165, 1.54) is 0 Å². The van der Waals surface area contributed by atoms with E-state index in [1.54, 1.807) is 0 Å². The van der Waals surface area contributed by atoms with Crippen LogP contribution in [-0.4, -0.2) is 26.4 Å². The van der Waals surface area contributed by atoms with Gasteiger partial charge < -0.3 is 4.74 Å². The molecule has 1 heterocycles. The highest BCUT2D eigenvalue weighted by Gasteiger charge is 2.26. The molecule has 0 aromatic rings. The van der Waals surface area contributed by atoms with E-state index >= 15 is 0 Å². The average molecular weight is 182 g/mol. The van der Waals surface area contributed by atoms with Crippen LogP contribution in [0.3, 0.4) is 0 Å². The molecule has 0 saturated carbocycles. The Balaban J connectivity index is 2.41. The monoisotopic (exact) mass is 182 g/mol. The summed E-state index contributed by atoms with van der Waals surface area (Å²) in [6.07, 6.45) is 1.10. The van der Waals surface area contributed by atoms with Crippen LogP contribution < -0.4 is 0 Å². The van der Waals surface area contributed by atoms with Crippen LogP contribution in [0.5, 0.6) is 0 Å². The third-order valence-electron chi connectivity index (χ3n) is 1.70. The number of rotatable bonds is 2. The van der Waals surface area contributed by atoms with E-state index in [0.29, 0.717) is 6.42 Å². The fourth-order valence-corrected chi connectivity index (χ4v) is 1.92. The molecule has 0 spiro atoms. The molecule has 0 radical (unpaired) electrons. The van der Waals surface area contributed by atoms with Gasteiger partial charge in [0.05, 0.1) is 12.2 Å². The zero-order valence-electron chi connectivity index (χ0n) is 6.29. The van der Waals surface area contributed by atoms with Gasteiger partial charge in [0, 0.05) is 0 Å². The summed E-state index contributed by atoms with van der Waals surface area (Å²) in [5.41, 5.74) is 0. The second kappa shape index (κ2) is 3.06. The van der Waals surface area contributed by atoms with Crippen LogP contribution >= 0.6 is 0 Å². The first-order valence-electron chi connectivity index (χ1n) is 3.55. The molecule has 0 aromatic carbocycles. The van der Waals surface area contributed by atoms with Gasteiger partial charge in [0.15, 0.2) is 0 Å². The molecule has 66 valence electrons. The van der Waals surface area contributed by atoms with Crippen molar-refractivity contribution in [3.63, 3.8) is 0 Å². The normalized spacial score (nSPS) is 32.5. The predicted molar refractivity (Wildman–Crippen MR) is 38.5 cm³/mol. The lowest BCUT2D eigenvalue weighted by Gasteiger charge is -2.06. The summed E-state index contributed by atoms with van der Waals surface area (Å²) < 4.78 is 37.5. The maximum absolute atomic E-state index is 12.1. The Bertz CT molecular complexity index is 224. The van der Waals surface area contributed by atoms with Gasteiger partial charge in [0.1, 0.15) is 5.75 Å². The highest BCUT2D eigenvalue weighted by Crippen LogP contribution is 2.20. The van der Waals surface area contributed by atoms with Gasteiger partial charge in [0.25, 0.3) is 0 Å². The molecular weight excluding hydrogens is 171 g/mol. The fourth-order valence-electron chi connectivity index (χ4n) is 1.23. The van der Waals surface area contributed by atoms with Crippen molar-refractivity contribution in [2.75, 3.05) is 5.75 Å². The maximum atomic E-state index is 12.1. The summed E-state index contributed by atoms with van der Waals surface area (Å²) in [5, 5.41) is 0. The Morgan fingerprint density at radius 3 is 2.55 bits per heavy atom. The summed E-state index contributed by atoms with van der Waals surface area (Å²) >= 11 is 0. The van der Waals surface area contributed by atoms with Gasteiger partial charge in [-0.05, 0) is 19.8 Å². The highest BCUT2D eigenvalue weighted by molar-refractivity contribution is 7.86. The lowest BCUT2D eigenvalue weighted by Crippen LogP contribution is -2.17. The molecule has 1 fully saturated rings. The summed E-state index contributed by atoms with van der Waals surface area (Å²) in [7, 11) is -4.36. The van der Waals surface area contributed by atoms with E-state index in [-0.39, 0.29) is 6.10 Å². The minimum Gasteiger partial charge on any atom is -0.374 e. The van der Waals surface area contributed by atoms with Crippen molar-refractivity contribution < 1.29 is 17.0 Å². The van der Waals surface area contributed by atoms with Crippen molar-refractivity contribution >= 4 is 10.2 Å². The van der Waals surface area contributed by atoms with Crippen LogP contribution in [0.25, 0.3) is 0 Å². The van der Waals surface area contributed by atoms with Crippen molar-refractivity contribution in [3.05, 3.63) is 0 Å². The summed E-state index contributed by atoms with van der Waals surface area (Å²) in [5.74, 6) is -0.489. The van der Waals surface area contributed by atoms with Crippen molar-refractivity contribution in [2.45, 2.75) is 32.0 Å². The first-order chi connectivity index (χ1) is 4.97. The van der Waals surface area contributed by atoms with Gasteiger partial charge in [-0.3, -0.25) is 0 Å². The number of hydrogen-bond acceptors (Lipinski definition) is 3. The molecule has 1 rings (SSSR count). The predicted octanol–water partition coefficient (Wildman–Crippen LogP) is 0.853. The molecule has 5 heteroatoms. The van der Waals surface area contributed by atoms with E-state index in [9.17, 15) is 12.3 Å². The number of halogens is 1. The van der Waals surface area contributed by atoms with E-state index in [0.717, 1.165) is 6.42 Å². The molecule has 3 nitrogen and oxygen atoms in total. The van der Waals surface area contributed by atoms with Gasteiger partial charge in [-0.15, -0.1) is 3.89 Å². The molecule has 0 aromatic heterocycles. The molecular formula is C6H11FO3S. The van der Waals surface area contributed by atoms with Crippen molar-refractivity contribution in [3.8, 4) is 0 Å². The minimum absolute atomic E-state index is 0.0711. The van der Waals surface area contributed by atoms with E-state index in [4.69, 9.17) is 4.74 Å². The molecule has 2 unspecified atom stereocenters. The third-order valence-corrected chi connectivity index (χ3v) is 2.47. The molecule has 0 bridgehead atoms. The summed E-state index contributed by atoms with van der Waals surface area (Å²) in [6, 6.07) is 0. The van der Waals surface area contributed by atoms with Crippen molar-refractivity contribution in [2.24, 2.45) is 0 Å². The van der Waals surface area contributed by atoms with Crippen LogP contribution in [0, 0.1) is 0 Å². The van der Waals surface area contributed by atoms with Crippen LogP contribution in [-0.2, 0) is 15.0 Å². The van der Waals surface area contributed by atoms with Crippen LogP contribution in [0.1, 0.15) is 19.8 Å². The zero-order valence-corrected chi connectivity index (χ0v) is 7.10. The van der Waals surface area contributed by atoms with E-state index in [2.05, 4.69) is 0 Å². The number of ether oxygens (including phenoxy) is 1. The SMILES string of the molecule is CC1CCC(CS(=O)(=O)F)O1. The standard InChI is InChI=1S/C6H11FO3S/c1-5-2-3-6(10-5)4-11(7,8)9/h5-6H,2-4H2,1H3. The lowest BCUT2D eigenvalue weighted by molar-refractivity contribution is 0.0686. The van der Waals surface area contributed by atoms with E-state index in [1.807, 2.05) is 6.92 Å². The van der Waals surface area contributed by atoms with Crippen molar-refractivity contribution in [1.29, 1.82) is 0 Å². The maximum Gasteiger partial charge on any atom is 0.304 e. The quantitative estimate of drug-likeness (QED) is 0.595. The van der Waals surface area contributed by atoms with Crippen molar-refractivity contribution in [1.82, 2.24) is 0 Å².